The largest absolute Gasteiger partial charge is 0.332 e. The van der Waals surface area contributed by atoms with Crippen molar-refractivity contribution >= 4 is 28.0 Å². The SMILES string of the molecule is O=C(Nc1c2c(cc3c1CCC3)CCC2)NS(=O)(=O)C1C=NC=CC1. The molecular weight excluding hydrogens is 338 g/mol. The van der Waals surface area contributed by atoms with Crippen LogP contribution in [0, 0.1) is 0 Å². The van der Waals surface area contributed by atoms with E-state index in [9.17, 15) is 13.2 Å². The summed E-state index contributed by atoms with van der Waals surface area (Å²) in [7, 11) is -3.79. The van der Waals surface area contributed by atoms with Crippen LogP contribution in [0.3, 0.4) is 0 Å². The second-order valence-corrected chi connectivity index (χ2v) is 8.69. The van der Waals surface area contributed by atoms with E-state index in [-0.39, 0.29) is 0 Å². The van der Waals surface area contributed by atoms with Gasteiger partial charge in [-0.2, -0.15) is 0 Å². The molecule has 4 rings (SSSR count). The van der Waals surface area contributed by atoms with E-state index in [1.807, 2.05) is 0 Å². The summed E-state index contributed by atoms with van der Waals surface area (Å²) in [4.78, 5) is 16.3. The van der Waals surface area contributed by atoms with Crippen LogP contribution in [0.4, 0.5) is 10.5 Å². The number of carbonyl (C=O) groups is 1. The van der Waals surface area contributed by atoms with Crippen LogP contribution in [0.1, 0.15) is 41.5 Å². The summed E-state index contributed by atoms with van der Waals surface area (Å²) in [6.45, 7) is 0. The highest BCUT2D eigenvalue weighted by Crippen LogP contribution is 2.38. The van der Waals surface area contributed by atoms with Gasteiger partial charge in [-0.15, -0.1) is 0 Å². The maximum Gasteiger partial charge on any atom is 0.332 e. The molecule has 2 amide bonds. The number of fused-ring (bicyclic) bond motifs is 2. The van der Waals surface area contributed by atoms with Gasteiger partial charge in [0, 0.05) is 18.1 Å². The Morgan fingerprint density at radius 3 is 2.36 bits per heavy atom. The van der Waals surface area contributed by atoms with Gasteiger partial charge in [-0.25, -0.2) is 17.9 Å². The Bertz CT molecular complexity index is 855. The standard InChI is InChI=1S/C18H21N3O3S/c22-18(21-25(23,24)14-6-3-9-19-11-14)20-17-15-7-1-4-12(15)10-13-5-2-8-16(13)17/h3,9-11,14H,1-2,4-8H2,(H2,20,21,22). The Labute approximate surface area is 147 Å². The van der Waals surface area contributed by atoms with Gasteiger partial charge in [0.15, 0.2) is 0 Å². The molecule has 0 saturated carbocycles. The summed E-state index contributed by atoms with van der Waals surface area (Å²) in [5, 5.41) is 2.04. The Balaban J connectivity index is 1.56. The van der Waals surface area contributed by atoms with E-state index in [1.165, 1.54) is 28.5 Å². The first-order chi connectivity index (χ1) is 12.0. The van der Waals surface area contributed by atoms with Crippen LogP contribution in [-0.4, -0.2) is 25.9 Å². The highest BCUT2D eigenvalue weighted by Gasteiger charge is 2.28. The Morgan fingerprint density at radius 1 is 1.08 bits per heavy atom. The van der Waals surface area contributed by atoms with Gasteiger partial charge in [-0.05, 0) is 67.2 Å². The van der Waals surface area contributed by atoms with Crippen molar-refractivity contribution in [1.29, 1.82) is 0 Å². The zero-order valence-corrected chi connectivity index (χ0v) is 14.7. The summed E-state index contributed by atoms with van der Waals surface area (Å²) in [6.07, 6.45) is 11.0. The van der Waals surface area contributed by atoms with Gasteiger partial charge in [0.1, 0.15) is 5.25 Å². The minimum absolute atomic E-state index is 0.322. The molecule has 1 atom stereocenters. The number of aryl methyl sites for hydroxylation is 2. The molecule has 1 unspecified atom stereocenters. The summed E-state index contributed by atoms with van der Waals surface area (Å²) in [6, 6.07) is 1.59. The van der Waals surface area contributed by atoms with E-state index in [4.69, 9.17) is 0 Å². The molecule has 1 heterocycles. The van der Waals surface area contributed by atoms with Crippen LogP contribution >= 0.6 is 0 Å². The number of anilines is 1. The average Bonchev–Trinajstić information content (AvgIpc) is 3.24. The van der Waals surface area contributed by atoms with Crippen molar-refractivity contribution in [2.24, 2.45) is 4.99 Å². The molecule has 6 nitrogen and oxygen atoms in total. The van der Waals surface area contributed by atoms with E-state index in [0.29, 0.717) is 6.42 Å². The Morgan fingerprint density at radius 2 is 1.76 bits per heavy atom. The van der Waals surface area contributed by atoms with Crippen molar-refractivity contribution in [3.8, 4) is 0 Å². The molecular formula is C18H21N3O3S. The first kappa shape index (κ1) is 16.3. The lowest BCUT2D eigenvalue weighted by molar-refractivity contribution is 0.256. The van der Waals surface area contributed by atoms with Crippen molar-refractivity contribution < 1.29 is 13.2 Å². The fraction of sp³-hybridized carbons (Fsp3) is 0.444. The normalized spacial score (nSPS) is 21.0. The van der Waals surface area contributed by atoms with E-state index < -0.39 is 21.3 Å². The van der Waals surface area contributed by atoms with Crippen LogP contribution in [0.25, 0.3) is 0 Å². The first-order valence-corrected chi connectivity index (χ1v) is 10.3. The van der Waals surface area contributed by atoms with Crippen LogP contribution in [0.5, 0.6) is 0 Å². The molecule has 132 valence electrons. The van der Waals surface area contributed by atoms with E-state index in [0.717, 1.165) is 44.2 Å². The lowest BCUT2D eigenvalue weighted by Crippen LogP contribution is -2.41. The molecule has 1 aliphatic heterocycles. The molecule has 3 aliphatic rings. The van der Waals surface area contributed by atoms with Crippen LogP contribution in [0.15, 0.2) is 23.3 Å². The minimum Gasteiger partial charge on any atom is -0.307 e. The number of hydrogen-bond donors (Lipinski definition) is 2. The molecule has 25 heavy (non-hydrogen) atoms. The van der Waals surface area contributed by atoms with E-state index >= 15 is 0 Å². The number of urea groups is 1. The zero-order chi connectivity index (χ0) is 17.4. The monoisotopic (exact) mass is 359 g/mol. The summed E-state index contributed by atoms with van der Waals surface area (Å²) in [5.41, 5.74) is 5.78. The number of sulfonamides is 1. The third-order valence-corrected chi connectivity index (χ3v) is 6.74. The molecule has 0 saturated heterocycles. The molecule has 1 aromatic carbocycles. The fourth-order valence-corrected chi connectivity index (χ4v) is 5.04. The van der Waals surface area contributed by atoms with E-state index in [1.54, 1.807) is 12.3 Å². The third kappa shape index (κ3) is 3.08. The van der Waals surface area contributed by atoms with Crippen LogP contribution in [0.2, 0.25) is 0 Å². The molecule has 2 aliphatic carbocycles. The lowest BCUT2D eigenvalue weighted by Gasteiger charge is -2.18. The van der Waals surface area contributed by atoms with Gasteiger partial charge in [-0.1, -0.05) is 12.1 Å². The number of allylic oxidation sites excluding steroid dienone is 1. The van der Waals surface area contributed by atoms with Crippen molar-refractivity contribution in [3.63, 3.8) is 0 Å². The number of benzene rings is 1. The van der Waals surface area contributed by atoms with Crippen molar-refractivity contribution in [3.05, 3.63) is 40.6 Å². The number of nitrogens with one attached hydrogen (secondary N) is 2. The second kappa shape index (κ2) is 6.29. The van der Waals surface area contributed by atoms with Crippen molar-refractivity contribution in [2.75, 3.05) is 5.32 Å². The second-order valence-electron chi connectivity index (χ2n) is 6.79. The number of nitrogens with zero attached hydrogens (tertiary/aromatic N) is 1. The molecule has 0 bridgehead atoms. The summed E-state index contributed by atoms with van der Waals surface area (Å²) < 4.78 is 26.9. The first-order valence-electron chi connectivity index (χ1n) is 8.72. The average molecular weight is 359 g/mol. The number of rotatable bonds is 3. The highest BCUT2D eigenvalue weighted by molar-refractivity contribution is 7.91. The van der Waals surface area contributed by atoms with Crippen molar-refractivity contribution in [2.45, 2.75) is 50.2 Å². The number of aliphatic imine (C=N–C) groups is 1. The topological polar surface area (TPSA) is 87.6 Å². The molecule has 2 N–H and O–H groups in total. The Kier molecular flexibility index (Phi) is 4.11. The fourth-order valence-electron chi connectivity index (χ4n) is 3.98. The molecule has 0 fully saturated rings. The summed E-state index contributed by atoms with van der Waals surface area (Å²) in [5.74, 6) is 0. The third-order valence-electron chi connectivity index (χ3n) is 5.16. The molecule has 0 radical (unpaired) electrons. The van der Waals surface area contributed by atoms with Gasteiger partial charge >= 0.3 is 6.03 Å². The lowest BCUT2D eigenvalue weighted by atomic mass is 9.99. The molecule has 7 heteroatoms. The zero-order valence-electron chi connectivity index (χ0n) is 13.9. The number of carbonyl (C=O) groups excluding carboxylic acids is 1. The van der Waals surface area contributed by atoms with Gasteiger partial charge in [0.05, 0.1) is 0 Å². The molecule has 0 spiro atoms. The predicted octanol–water partition coefficient (Wildman–Crippen LogP) is 2.47. The highest BCUT2D eigenvalue weighted by atomic mass is 32.2. The van der Waals surface area contributed by atoms with Gasteiger partial charge in [0.25, 0.3) is 0 Å². The molecule has 0 aromatic heterocycles. The number of hydrogen-bond acceptors (Lipinski definition) is 4. The quantitative estimate of drug-likeness (QED) is 0.869. The van der Waals surface area contributed by atoms with E-state index in [2.05, 4.69) is 21.1 Å². The Hall–Kier alpha value is -2.15. The van der Waals surface area contributed by atoms with Gasteiger partial charge < -0.3 is 5.32 Å². The smallest absolute Gasteiger partial charge is 0.307 e. The maximum absolute atomic E-state index is 12.4. The maximum atomic E-state index is 12.4. The molecule has 1 aromatic rings. The van der Waals surface area contributed by atoms with Crippen molar-refractivity contribution in [1.82, 2.24) is 4.72 Å². The minimum atomic E-state index is -3.79. The van der Waals surface area contributed by atoms with Crippen LogP contribution < -0.4 is 10.0 Å². The summed E-state index contributed by atoms with van der Waals surface area (Å²) >= 11 is 0. The number of amides is 2. The van der Waals surface area contributed by atoms with Gasteiger partial charge in [0.2, 0.25) is 10.0 Å². The predicted molar refractivity (Wildman–Crippen MR) is 97.6 cm³/mol. The van der Waals surface area contributed by atoms with Crippen LogP contribution in [-0.2, 0) is 35.7 Å². The van der Waals surface area contributed by atoms with Gasteiger partial charge in [-0.3, -0.25) is 4.99 Å².